The molecule has 0 aliphatic heterocycles. The van der Waals surface area contributed by atoms with E-state index in [0.717, 1.165) is 18.5 Å². The van der Waals surface area contributed by atoms with E-state index in [1.807, 2.05) is 0 Å². The Labute approximate surface area is 116 Å². The number of carbonyl (C=O) groups is 1. The van der Waals surface area contributed by atoms with Crippen LogP contribution in [0.5, 0.6) is 0 Å². The zero-order chi connectivity index (χ0) is 14.7. The van der Waals surface area contributed by atoms with Gasteiger partial charge in [-0.25, -0.2) is 4.39 Å². The second kappa shape index (κ2) is 5.73. The molecule has 20 heavy (non-hydrogen) atoms. The van der Waals surface area contributed by atoms with E-state index in [4.69, 9.17) is 5.73 Å². The molecule has 2 rings (SSSR count). The molecule has 1 aromatic heterocycles. The van der Waals surface area contributed by atoms with Crippen molar-refractivity contribution in [2.24, 2.45) is 0 Å². The zero-order valence-electron chi connectivity index (χ0n) is 11.5. The quantitative estimate of drug-likeness (QED) is 0.750. The van der Waals surface area contributed by atoms with Gasteiger partial charge in [0, 0.05) is 28.6 Å². The molecule has 0 fully saturated rings. The summed E-state index contributed by atoms with van der Waals surface area (Å²) in [5.74, 6) is -0.521. The summed E-state index contributed by atoms with van der Waals surface area (Å²) in [4.78, 5) is 12.0. The van der Waals surface area contributed by atoms with E-state index in [1.165, 1.54) is 12.1 Å². The lowest BCUT2D eigenvalue weighted by Crippen LogP contribution is -2.13. The number of nitrogen functional groups attached to an aromatic ring is 1. The van der Waals surface area contributed by atoms with Gasteiger partial charge in [-0.1, -0.05) is 13.3 Å². The number of nitrogens with zero attached hydrogens (tertiary/aromatic N) is 1. The van der Waals surface area contributed by atoms with Crippen molar-refractivity contribution in [1.82, 2.24) is 10.2 Å². The summed E-state index contributed by atoms with van der Waals surface area (Å²) in [5.41, 5.74) is 7.36. The van der Waals surface area contributed by atoms with Crippen LogP contribution in [0.15, 0.2) is 18.2 Å². The molecular formula is C14H17FN4O. The number of nitrogens with one attached hydrogen (secondary N) is 2. The summed E-state index contributed by atoms with van der Waals surface area (Å²) in [6.45, 7) is 3.62. The van der Waals surface area contributed by atoms with Crippen molar-refractivity contribution in [3.8, 4) is 0 Å². The fourth-order valence-electron chi connectivity index (χ4n) is 1.84. The van der Waals surface area contributed by atoms with Gasteiger partial charge in [0.15, 0.2) is 5.82 Å². The van der Waals surface area contributed by atoms with Crippen LogP contribution < -0.4 is 11.1 Å². The molecule has 6 heteroatoms. The monoisotopic (exact) mass is 276 g/mol. The maximum atomic E-state index is 13.6. The van der Waals surface area contributed by atoms with E-state index in [1.54, 1.807) is 13.0 Å². The molecule has 0 aliphatic rings. The Kier molecular flexibility index (Phi) is 4.02. The molecule has 0 unspecified atom stereocenters. The van der Waals surface area contributed by atoms with Crippen LogP contribution in [0.25, 0.3) is 0 Å². The topological polar surface area (TPSA) is 83.8 Å². The molecule has 0 aliphatic carbocycles. The number of aryl methyl sites for hydroxylation is 1. The van der Waals surface area contributed by atoms with E-state index in [2.05, 4.69) is 22.4 Å². The fourth-order valence-corrected chi connectivity index (χ4v) is 1.84. The number of rotatable bonds is 4. The van der Waals surface area contributed by atoms with Crippen molar-refractivity contribution in [2.45, 2.75) is 26.7 Å². The van der Waals surface area contributed by atoms with Crippen LogP contribution in [-0.4, -0.2) is 16.1 Å². The number of amides is 1. The smallest absolute Gasteiger partial charge is 0.257 e. The number of carbonyl (C=O) groups excluding carboxylic acids is 1. The van der Waals surface area contributed by atoms with Gasteiger partial charge in [0.2, 0.25) is 0 Å². The molecule has 0 atom stereocenters. The van der Waals surface area contributed by atoms with E-state index < -0.39 is 11.7 Å². The lowest BCUT2D eigenvalue weighted by Gasteiger charge is -2.06. The standard InChI is InChI=1S/C14H17FN4O/c1-3-4-10-7-13(19-18-10)17-14(20)9-5-11(15)8(2)12(16)6-9/h5-7H,3-4,16H2,1-2H3,(H2,17,18,19,20). The van der Waals surface area contributed by atoms with Crippen molar-refractivity contribution in [2.75, 3.05) is 11.1 Å². The second-order valence-electron chi connectivity index (χ2n) is 4.65. The molecule has 106 valence electrons. The van der Waals surface area contributed by atoms with Crippen molar-refractivity contribution in [3.05, 3.63) is 40.8 Å². The van der Waals surface area contributed by atoms with Crippen molar-refractivity contribution in [3.63, 3.8) is 0 Å². The zero-order valence-corrected chi connectivity index (χ0v) is 11.5. The minimum Gasteiger partial charge on any atom is -0.398 e. The Morgan fingerprint density at radius 1 is 1.45 bits per heavy atom. The van der Waals surface area contributed by atoms with Gasteiger partial charge in [0.1, 0.15) is 5.82 Å². The number of aromatic amines is 1. The van der Waals surface area contributed by atoms with Gasteiger partial charge >= 0.3 is 0 Å². The van der Waals surface area contributed by atoms with Crippen LogP contribution in [0, 0.1) is 12.7 Å². The summed E-state index contributed by atoms with van der Waals surface area (Å²) in [6, 6.07) is 4.38. The first-order chi connectivity index (χ1) is 9.51. The minimum atomic E-state index is -0.496. The Morgan fingerprint density at radius 2 is 2.20 bits per heavy atom. The predicted molar refractivity (Wildman–Crippen MR) is 76.1 cm³/mol. The highest BCUT2D eigenvalue weighted by atomic mass is 19.1. The van der Waals surface area contributed by atoms with Gasteiger partial charge in [-0.3, -0.25) is 9.89 Å². The first-order valence-corrected chi connectivity index (χ1v) is 6.42. The van der Waals surface area contributed by atoms with E-state index in [-0.39, 0.29) is 11.3 Å². The molecule has 4 N–H and O–H groups in total. The van der Waals surface area contributed by atoms with Crippen LogP contribution in [0.4, 0.5) is 15.9 Å². The Morgan fingerprint density at radius 3 is 2.85 bits per heavy atom. The number of halogens is 1. The molecule has 0 radical (unpaired) electrons. The lowest BCUT2D eigenvalue weighted by atomic mass is 10.1. The van der Waals surface area contributed by atoms with Crippen molar-refractivity contribution < 1.29 is 9.18 Å². The molecular weight excluding hydrogens is 259 g/mol. The third-order valence-electron chi connectivity index (χ3n) is 3.04. The molecule has 0 bridgehead atoms. The fraction of sp³-hybridized carbons (Fsp3) is 0.286. The largest absolute Gasteiger partial charge is 0.398 e. The molecule has 0 spiro atoms. The molecule has 1 aromatic carbocycles. The summed E-state index contributed by atoms with van der Waals surface area (Å²) < 4.78 is 13.6. The van der Waals surface area contributed by atoms with Gasteiger partial charge in [-0.2, -0.15) is 5.10 Å². The van der Waals surface area contributed by atoms with Crippen molar-refractivity contribution >= 4 is 17.4 Å². The first kappa shape index (κ1) is 14.0. The summed E-state index contributed by atoms with van der Waals surface area (Å²) in [7, 11) is 0. The average Bonchev–Trinajstić information content (AvgIpc) is 2.83. The second-order valence-corrected chi connectivity index (χ2v) is 4.65. The van der Waals surface area contributed by atoms with E-state index in [9.17, 15) is 9.18 Å². The van der Waals surface area contributed by atoms with Crippen LogP contribution in [0.1, 0.15) is 35.0 Å². The maximum Gasteiger partial charge on any atom is 0.257 e. The number of aromatic nitrogens is 2. The van der Waals surface area contributed by atoms with Crippen molar-refractivity contribution in [1.29, 1.82) is 0 Å². The maximum absolute atomic E-state index is 13.6. The number of hydrogen-bond donors (Lipinski definition) is 3. The summed E-state index contributed by atoms with van der Waals surface area (Å²) >= 11 is 0. The summed E-state index contributed by atoms with van der Waals surface area (Å²) in [6.07, 6.45) is 1.84. The van der Waals surface area contributed by atoms with Gasteiger partial charge in [0.05, 0.1) is 0 Å². The van der Waals surface area contributed by atoms with Crippen LogP contribution in [0.2, 0.25) is 0 Å². The first-order valence-electron chi connectivity index (χ1n) is 6.42. The van der Waals surface area contributed by atoms with Gasteiger partial charge in [-0.15, -0.1) is 0 Å². The summed E-state index contributed by atoms with van der Waals surface area (Å²) in [5, 5.41) is 9.42. The molecule has 0 saturated heterocycles. The highest BCUT2D eigenvalue weighted by Gasteiger charge is 2.12. The Balaban J connectivity index is 2.15. The van der Waals surface area contributed by atoms with E-state index in [0.29, 0.717) is 11.4 Å². The number of nitrogens with two attached hydrogens (primary N) is 1. The molecule has 1 amide bonds. The minimum absolute atomic E-state index is 0.172. The predicted octanol–water partition coefficient (Wildman–Crippen LogP) is 2.64. The molecule has 2 aromatic rings. The van der Waals surface area contributed by atoms with Gasteiger partial charge in [0.25, 0.3) is 5.91 Å². The SMILES string of the molecule is CCCc1cc(NC(=O)c2cc(N)c(C)c(F)c2)n[nH]1. The number of hydrogen-bond acceptors (Lipinski definition) is 3. The number of anilines is 2. The average molecular weight is 276 g/mol. The number of benzene rings is 1. The molecule has 5 nitrogen and oxygen atoms in total. The Bertz CT molecular complexity index is 613. The molecule has 1 heterocycles. The normalized spacial score (nSPS) is 10.6. The Hall–Kier alpha value is -2.37. The van der Waals surface area contributed by atoms with Crippen LogP contribution >= 0.6 is 0 Å². The lowest BCUT2D eigenvalue weighted by molar-refractivity contribution is 0.102. The van der Waals surface area contributed by atoms with E-state index >= 15 is 0 Å². The van der Waals surface area contributed by atoms with Gasteiger partial charge in [-0.05, 0) is 25.5 Å². The van der Waals surface area contributed by atoms with Crippen LogP contribution in [-0.2, 0) is 6.42 Å². The highest BCUT2D eigenvalue weighted by molar-refractivity contribution is 6.04. The van der Waals surface area contributed by atoms with Crippen LogP contribution in [0.3, 0.4) is 0 Å². The molecule has 0 saturated carbocycles. The van der Waals surface area contributed by atoms with Gasteiger partial charge < -0.3 is 11.1 Å². The third-order valence-corrected chi connectivity index (χ3v) is 3.04. The third kappa shape index (κ3) is 2.96. The number of H-pyrrole nitrogens is 1. The highest BCUT2D eigenvalue weighted by Crippen LogP contribution is 2.18.